The van der Waals surface area contributed by atoms with Crippen molar-refractivity contribution in [3.05, 3.63) is 229 Å². The summed E-state index contributed by atoms with van der Waals surface area (Å²) in [6.07, 6.45) is 0. The van der Waals surface area contributed by atoms with Gasteiger partial charge in [-0.25, -0.2) is 0 Å². The Kier molecular flexibility index (Phi) is 6.75. The number of fused-ring (bicyclic) bond motifs is 6. The molecule has 9 aromatic rings. The minimum Gasteiger partial charge on any atom is -0.308 e. The van der Waals surface area contributed by atoms with Crippen molar-refractivity contribution in [3.63, 3.8) is 0 Å². The van der Waals surface area contributed by atoms with E-state index in [2.05, 4.69) is 216 Å². The summed E-state index contributed by atoms with van der Waals surface area (Å²) in [5.74, 6) is 0. The molecule has 0 aliphatic heterocycles. The minimum absolute atomic E-state index is 0.557. The maximum atomic E-state index is 2.49. The Balaban J connectivity index is 1.35. The first-order valence-corrected chi connectivity index (χ1v) is 17.6. The molecule has 0 spiro atoms. The van der Waals surface area contributed by atoms with Crippen molar-refractivity contribution in [2.75, 3.05) is 4.90 Å². The second kappa shape index (κ2) is 11.8. The molecule has 0 fully saturated rings. The fourth-order valence-electron chi connectivity index (χ4n) is 8.68. The largest absolute Gasteiger partial charge is 0.308 e. The number of aromatic nitrogens is 1. The summed E-state index contributed by atoms with van der Waals surface area (Å²) in [5, 5.41) is 2.46. The highest BCUT2D eigenvalue weighted by Crippen LogP contribution is 2.59. The molecular weight excluding hydrogens is 617 g/mol. The van der Waals surface area contributed by atoms with E-state index in [0.29, 0.717) is 0 Å². The van der Waals surface area contributed by atoms with Gasteiger partial charge >= 0.3 is 0 Å². The summed E-state index contributed by atoms with van der Waals surface area (Å²) in [4.78, 5) is 2.49. The Hall–Kier alpha value is -6.64. The van der Waals surface area contributed by atoms with Crippen LogP contribution in [0.25, 0.3) is 38.6 Å². The number of rotatable bonds is 6. The highest BCUT2D eigenvalue weighted by Gasteiger charge is 2.47. The van der Waals surface area contributed by atoms with Crippen LogP contribution in [0.4, 0.5) is 17.1 Å². The van der Waals surface area contributed by atoms with E-state index in [4.69, 9.17) is 0 Å². The molecule has 0 radical (unpaired) electrons. The molecule has 0 unspecified atom stereocenters. The van der Waals surface area contributed by atoms with Crippen LogP contribution in [0.15, 0.2) is 206 Å². The zero-order chi connectivity index (χ0) is 33.8. The molecule has 1 heterocycles. The predicted molar refractivity (Wildman–Crippen MR) is 213 cm³/mol. The maximum Gasteiger partial charge on any atom is 0.0782 e. The zero-order valence-corrected chi connectivity index (χ0v) is 28.0. The van der Waals surface area contributed by atoms with Crippen LogP contribution in [0.5, 0.6) is 0 Å². The van der Waals surface area contributed by atoms with Crippen LogP contribution >= 0.6 is 0 Å². The second-order valence-electron chi connectivity index (χ2n) is 13.3. The van der Waals surface area contributed by atoms with Gasteiger partial charge in [-0.2, -0.15) is 0 Å². The van der Waals surface area contributed by atoms with E-state index in [-0.39, 0.29) is 0 Å². The molecule has 2 nitrogen and oxygen atoms in total. The lowest BCUT2D eigenvalue weighted by Gasteiger charge is -2.38. The lowest BCUT2D eigenvalue weighted by Crippen LogP contribution is -2.30. The van der Waals surface area contributed by atoms with Crippen LogP contribution in [-0.2, 0) is 5.41 Å². The van der Waals surface area contributed by atoms with E-state index < -0.39 is 5.41 Å². The topological polar surface area (TPSA) is 8.17 Å². The third-order valence-electron chi connectivity index (χ3n) is 10.7. The third kappa shape index (κ3) is 4.30. The van der Waals surface area contributed by atoms with E-state index in [9.17, 15) is 0 Å². The number of para-hydroxylation sites is 5. The fraction of sp³-hybridized carbons (Fsp3) is 0.0204. The molecule has 0 saturated heterocycles. The van der Waals surface area contributed by atoms with Crippen LogP contribution in [0.2, 0.25) is 0 Å². The van der Waals surface area contributed by atoms with Gasteiger partial charge in [-0.05, 0) is 75.8 Å². The third-order valence-corrected chi connectivity index (χ3v) is 10.7. The van der Waals surface area contributed by atoms with Gasteiger partial charge in [0.25, 0.3) is 0 Å². The lowest BCUT2D eigenvalue weighted by atomic mass is 9.67. The normalized spacial score (nSPS) is 12.9. The predicted octanol–water partition coefficient (Wildman–Crippen LogP) is 12.6. The van der Waals surface area contributed by atoms with E-state index in [0.717, 1.165) is 22.7 Å². The summed E-state index contributed by atoms with van der Waals surface area (Å²) >= 11 is 0. The monoisotopic (exact) mass is 650 g/mol. The average Bonchev–Trinajstić information content (AvgIpc) is 3.71. The van der Waals surface area contributed by atoms with E-state index in [1.807, 2.05) is 0 Å². The molecule has 0 amide bonds. The Morgan fingerprint density at radius 1 is 0.373 bits per heavy atom. The van der Waals surface area contributed by atoms with Gasteiger partial charge in [-0.3, -0.25) is 0 Å². The quantitative estimate of drug-likeness (QED) is 0.174. The molecule has 0 N–H and O–H groups in total. The number of hydrogen-bond donors (Lipinski definition) is 0. The molecule has 240 valence electrons. The molecule has 2 heteroatoms. The van der Waals surface area contributed by atoms with Crippen LogP contribution in [0, 0.1) is 0 Å². The molecule has 8 aromatic carbocycles. The maximum absolute atomic E-state index is 2.49. The SMILES string of the molecule is c1ccc(N(c2ccccc2C2(c3ccccc3)c3ccccc3-c3ccccc32)c2cccc3c4ccccc4n(-c4ccccc4)c23)cc1. The Bertz CT molecular complexity index is 2640. The van der Waals surface area contributed by atoms with Crippen molar-refractivity contribution in [2.24, 2.45) is 0 Å². The highest BCUT2D eigenvalue weighted by atomic mass is 15.2. The molecule has 1 aliphatic carbocycles. The summed E-state index contributed by atoms with van der Waals surface area (Å²) in [6, 6.07) is 75.3. The number of anilines is 3. The second-order valence-corrected chi connectivity index (χ2v) is 13.3. The molecular formula is C49H34N2. The molecule has 1 aromatic heterocycles. The van der Waals surface area contributed by atoms with Crippen LogP contribution in [0.1, 0.15) is 22.3 Å². The molecule has 10 rings (SSSR count). The lowest BCUT2D eigenvalue weighted by molar-refractivity contribution is 0.768. The van der Waals surface area contributed by atoms with Crippen molar-refractivity contribution in [3.8, 4) is 16.8 Å². The number of benzene rings is 8. The minimum atomic E-state index is -0.557. The van der Waals surface area contributed by atoms with E-state index in [1.165, 1.54) is 55.2 Å². The molecule has 0 saturated carbocycles. The number of nitrogens with zero attached hydrogens (tertiary/aromatic N) is 2. The zero-order valence-electron chi connectivity index (χ0n) is 28.0. The fourth-order valence-corrected chi connectivity index (χ4v) is 8.68. The Morgan fingerprint density at radius 2 is 0.882 bits per heavy atom. The van der Waals surface area contributed by atoms with Gasteiger partial charge in [0.1, 0.15) is 0 Å². The standard InChI is InChI=1S/C49H34N2/c1-4-19-35(20-5-1)49(42-29-13-10-25-38(42)39-26-11-14-30-43(39)49)44-31-15-17-33-46(44)50(36-21-6-2-7-22-36)47-34-18-28-41-40-27-12-16-32-45(40)51(48(41)47)37-23-8-3-9-24-37/h1-34H. The first-order chi connectivity index (χ1) is 25.4. The Labute approximate surface area is 298 Å². The van der Waals surface area contributed by atoms with Crippen LogP contribution < -0.4 is 4.90 Å². The molecule has 51 heavy (non-hydrogen) atoms. The summed E-state index contributed by atoms with van der Waals surface area (Å²) in [5.41, 5.74) is 13.9. The van der Waals surface area contributed by atoms with Gasteiger partial charge in [0.15, 0.2) is 0 Å². The van der Waals surface area contributed by atoms with Crippen molar-refractivity contribution >= 4 is 38.9 Å². The van der Waals surface area contributed by atoms with Crippen molar-refractivity contribution < 1.29 is 0 Å². The summed E-state index contributed by atoms with van der Waals surface area (Å²) in [7, 11) is 0. The Morgan fingerprint density at radius 3 is 1.59 bits per heavy atom. The first kappa shape index (κ1) is 29.3. The molecule has 0 bridgehead atoms. The van der Waals surface area contributed by atoms with Gasteiger partial charge in [0.2, 0.25) is 0 Å². The number of hydrogen-bond acceptors (Lipinski definition) is 1. The van der Waals surface area contributed by atoms with Gasteiger partial charge < -0.3 is 9.47 Å². The summed E-state index contributed by atoms with van der Waals surface area (Å²) in [6.45, 7) is 0. The van der Waals surface area contributed by atoms with Crippen molar-refractivity contribution in [2.45, 2.75) is 5.41 Å². The smallest absolute Gasteiger partial charge is 0.0782 e. The first-order valence-electron chi connectivity index (χ1n) is 17.6. The van der Waals surface area contributed by atoms with Gasteiger partial charge in [0, 0.05) is 22.1 Å². The molecule has 1 aliphatic rings. The average molecular weight is 651 g/mol. The van der Waals surface area contributed by atoms with Gasteiger partial charge in [-0.1, -0.05) is 164 Å². The van der Waals surface area contributed by atoms with Gasteiger partial charge in [-0.15, -0.1) is 0 Å². The van der Waals surface area contributed by atoms with Gasteiger partial charge in [0.05, 0.1) is 27.8 Å². The van der Waals surface area contributed by atoms with Crippen LogP contribution in [0.3, 0.4) is 0 Å². The highest BCUT2D eigenvalue weighted by molar-refractivity contribution is 6.14. The van der Waals surface area contributed by atoms with Crippen molar-refractivity contribution in [1.82, 2.24) is 4.57 Å². The summed E-state index contributed by atoms with van der Waals surface area (Å²) < 4.78 is 2.44. The van der Waals surface area contributed by atoms with E-state index in [1.54, 1.807) is 0 Å². The molecule has 0 atom stereocenters. The van der Waals surface area contributed by atoms with Crippen molar-refractivity contribution in [1.29, 1.82) is 0 Å². The van der Waals surface area contributed by atoms with E-state index >= 15 is 0 Å². The van der Waals surface area contributed by atoms with Crippen LogP contribution in [-0.4, -0.2) is 4.57 Å².